The molecule has 28 heavy (non-hydrogen) atoms. The Labute approximate surface area is 170 Å². The molecule has 3 rings (SSSR count). The SMILES string of the molecule is Cc1cc(C(C)(C)C)ccc1OCc1cccc(B2OC(C)(C)C(C)(C)O2)c1. The lowest BCUT2D eigenvalue weighted by Crippen LogP contribution is -2.41. The number of aryl methyl sites for hydroxylation is 1. The highest BCUT2D eigenvalue weighted by atomic mass is 16.7. The van der Waals surface area contributed by atoms with E-state index in [2.05, 4.69) is 91.8 Å². The molecular formula is C24H33BO3. The highest BCUT2D eigenvalue weighted by Crippen LogP contribution is 2.36. The molecule has 2 aromatic carbocycles. The Morgan fingerprint density at radius 2 is 1.57 bits per heavy atom. The summed E-state index contributed by atoms with van der Waals surface area (Å²) in [4.78, 5) is 0. The van der Waals surface area contributed by atoms with Crippen molar-refractivity contribution in [3.8, 4) is 5.75 Å². The maximum Gasteiger partial charge on any atom is 0.494 e. The fourth-order valence-electron chi connectivity index (χ4n) is 3.25. The topological polar surface area (TPSA) is 27.7 Å². The number of hydrogen-bond donors (Lipinski definition) is 0. The Bertz CT molecular complexity index is 833. The number of hydrogen-bond acceptors (Lipinski definition) is 3. The normalized spacial score (nSPS) is 18.4. The standard InChI is InChI=1S/C24H33BO3/c1-17-14-19(22(2,3)4)12-13-21(17)26-16-18-10-9-11-20(15-18)25-27-23(5,6)24(7,8)28-25/h9-15H,16H2,1-8H3. The van der Waals surface area contributed by atoms with Crippen LogP contribution < -0.4 is 10.2 Å². The maximum atomic E-state index is 6.17. The van der Waals surface area contributed by atoms with Crippen molar-refractivity contribution in [2.24, 2.45) is 0 Å². The van der Waals surface area contributed by atoms with Crippen LogP contribution in [0.25, 0.3) is 0 Å². The lowest BCUT2D eigenvalue weighted by Gasteiger charge is -2.32. The molecule has 2 aromatic rings. The fraction of sp³-hybridized carbons (Fsp3) is 0.500. The smallest absolute Gasteiger partial charge is 0.489 e. The molecule has 0 N–H and O–H groups in total. The zero-order valence-corrected chi connectivity index (χ0v) is 18.6. The third kappa shape index (κ3) is 4.28. The van der Waals surface area contributed by atoms with Crippen LogP contribution in [0.3, 0.4) is 0 Å². The van der Waals surface area contributed by atoms with Crippen LogP contribution in [-0.4, -0.2) is 18.3 Å². The van der Waals surface area contributed by atoms with Gasteiger partial charge in [0.1, 0.15) is 12.4 Å². The van der Waals surface area contributed by atoms with Crippen molar-refractivity contribution in [1.82, 2.24) is 0 Å². The van der Waals surface area contributed by atoms with Crippen molar-refractivity contribution in [2.75, 3.05) is 0 Å². The quantitative estimate of drug-likeness (QED) is 0.685. The van der Waals surface area contributed by atoms with Crippen molar-refractivity contribution in [3.63, 3.8) is 0 Å². The van der Waals surface area contributed by atoms with E-state index in [4.69, 9.17) is 14.0 Å². The number of benzene rings is 2. The highest BCUT2D eigenvalue weighted by Gasteiger charge is 2.51. The maximum absolute atomic E-state index is 6.17. The summed E-state index contributed by atoms with van der Waals surface area (Å²) in [7, 11) is -0.349. The third-order valence-electron chi connectivity index (χ3n) is 5.91. The van der Waals surface area contributed by atoms with Gasteiger partial charge in [0.2, 0.25) is 0 Å². The van der Waals surface area contributed by atoms with E-state index in [0.29, 0.717) is 6.61 Å². The molecule has 3 nitrogen and oxygen atoms in total. The zero-order chi connectivity index (χ0) is 20.7. The van der Waals surface area contributed by atoms with Gasteiger partial charge < -0.3 is 14.0 Å². The van der Waals surface area contributed by atoms with Gasteiger partial charge >= 0.3 is 7.12 Å². The summed E-state index contributed by atoms with van der Waals surface area (Å²) >= 11 is 0. The summed E-state index contributed by atoms with van der Waals surface area (Å²) in [6, 6.07) is 14.7. The van der Waals surface area contributed by atoms with E-state index in [1.165, 1.54) is 5.56 Å². The van der Waals surface area contributed by atoms with Gasteiger partial charge in [-0.05, 0) is 68.3 Å². The molecule has 0 bridgehead atoms. The Hall–Kier alpha value is -1.78. The Morgan fingerprint density at radius 1 is 0.929 bits per heavy atom. The van der Waals surface area contributed by atoms with E-state index >= 15 is 0 Å². The molecule has 0 amide bonds. The van der Waals surface area contributed by atoms with E-state index in [1.807, 2.05) is 6.07 Å². The molecule has 0 aromatic heterocycles. The molecule has 0 radical (unpaired) electrons. The number of rotatable bonds is 4. The van der Waals surface area contributed by atoms with E-state index in [0.717, 1.165) is 22.3 Å². The molecule has 1 saturated heterocycles. The predicted molar refractivity (Wildman–Crippen MR) is 116 cm³/mol. The van der Waals surface area contributed by atoms with E-state index in [1.54, 1.807) is 0 Å². The van der Waals surface area contributed by atoms with E-state index in [9.17, 15) is 0 Å². The first-order valence-electron chi connectivity index (χ1n) is 10.1. The second-order valence-electron chi connectivity index (χ2n) is 9.85. The van der Waals surface area contributed by atoms with Crippen LogP contribution >= 0.6 is 0 Å². The van der Waals surface area contributed by atoms with Crippen LogP contribution in [0.15, 0.2) is 42.5 Å². The van der Waals surface area contributed by atoms with Crippen molar-refractivity contribution in [1.29, 1.82) is 0 Å². The molecule has 0 saturated carbocycles. The summed E-state index contributed by atoms with van der Waals surface area (Å²) in [5.74, 6) is 0.925. The van der Waals surface area contributed by atoms with Crippen LogP contribution in [0.4, 0.5) is 0 Å². The zero-order valence-electron chi connectivity index (χ0n) is 18.6. The predicted octanol–water partition coefficient (Wildman–Crippen LogP) is 5.17. The molecule has 1 heterocycles. The van der Waals surface area contributed by atoms with Gasteiger partial charge in [-0.1, -0.05) is 57.2 Å². The van der Waals surface area contributed by atoms with Gasteiger partial charge in [-0.2, -0.15) is 0 Å². The molecule has 1 fully saturated rings. The van der Waals surface area contributed by atoms with Gasteiger partial charge in [0, 0.05) is 0 Å². The third-order valence-corrected chi connectivity index (χ3v) is 5.91. The Kier molecular flexibility index (Phi) is 5.41. The first-order valence-corrected chi connectivity index (χ1v) is 10.1. The van der Waals surface area contributed by atoms with Gasteiger partial charge in [0.15, 0.2) is 0 Å². The average molecular weight is 380 g/mol. The van der Waals surface area contributed by atoms with Crippen molar-refractivity contribution in [3.05, 3.63) is 59.2 Å². The van der Waals surface area contributed by atoms with Gasteiger partial charge in [0.25, 0.3) is 0 Å². The molecule has 0 unspecified atom stereocenters. The molecule has 150 valence electrons. The van der Waals surface area contributed by atoms with Gasteiger partial charge in [-0.25, -0.2) is 0 Å². The van der Waals surface area contributed by atoms with E-state index in [-0.39, 0.29) is 23.7 Å². The molecule has 0 spiro atoms. The Balaban J connectivity index is 1.71. The van der Waals surface area contributed by atoms with Crippen LogP contribution in [0.5, 0.6) is 5.75 Å². The number of ether oxygens (including phenoxy) is 1. The van der Waals surface area contributed by atoms with Crippen molar-refractivity contribution < 1.29 is 14.0 Å². The minimum Gasteiger partial charge on any atom is -0.489 e. The molecule has 1 aliphatic heterocycles. The highest BCUT2D eigenvalue weighted by molar-refractivity contribution is 6.62. The molecular weight excluding hydrogens is 347 g/mol. The lowest BCUT2D eigenvalue weighted by molar-refractivity contribution is 0.00578. The summed E-state index contributed by atoms with van der Waals surface area (Å²) in [6.45, 7) is 17.6. The molecule has 1 aliphatic rings. The molecule has 0 atom stereocenters. The van der Waals surface area contributed by atoms with Crippen LogP contribution in [-0.2, 0) is 21.3 Å². The summed E-state index contributed by atoms with van der Waals surface area (Å²) in [5, 5.41) is 0. The molecule has 0 aliphatic carbocycles. The molecule has 4 heteroatoms. The average Bonchev–Trinajstić information content (AvgIpc) is 2.81. The van der Waals surface area contributed by atoms with Crippen molar-refractivity contribution in [2.45, 2.75) is 78.6 Å². The van der Waals surface area contributed by atoms with Gasteiger partial charge in [-0.3, -0.25) is 0 Å². The Morgan fingerprint density at radius 3 is 2.14 bits per heavy atom. The second kappa shape index (κ2) is 7.24. The van der Waals surface area contributed by atoms with Crippen LogP contribution in [0.1, 0.15) is 65.2 Å². The fourth-order valence-corrected chi connectivity index (χ4v) is 3.25. The van der Waals surface area contributed by atoms with Gasteiger partial charge in [-0.15, -0.1) is 0 Å². The largest absolute Gasteiger partial charge is 0.494 e. The van der Waals surface area contributed by atoms with Crippen LogP contribution in [0.2, 0.25) is 0 Å². The first kappa shape index (κ1) is 20.9. The monoisotopic (exact) mass is 380 g/mol. The van der Waals surface area contributed by atoms with Gasteiger partial charge in [0.05, 0.1) is 11.2 Å². The van der Waals surface area contributed by atoms with Crippen LogP contribution in [0, 0.1) is 6.92 Å². The minimum atomic E-state index is -0.349. The van der Waals surface area contributed by atoms with Crippen molar-refractivity contribution >= 4 is 12.6 Å². The summed E-state index contributed by atoms with van der Waals surface area (Å²) < 4.78 is 18.4. The lowest BCUT2D eigenvalue weighted by atomic mass is 9.78. The second-order valence-corrected chi connectivity index (χ2v) is 9.85. The summed E-state index contributed by atoms with van der Waals surface area (Å²) in [6.07, 6.45) is 0. The van der Waals surface area contributed by atoms with E-state index < -0.39 is 0 Å². The first-order chi connectivity index (χ1) is 12.9. The minimum absolute atomic E-state index is 0.139. The summed E-state index contributed by atoms with van der Waals surface area (Å²) in [5.41, 5.74) is 4.08.